The maximum Gasteiger partial charge on any atom is 0.207 e. The smallest absolute Gasteiger partial charge is 0.207 e. The lowest BCUT2D eigenvalue weighted by Gasteiger charge is -2.23. The van der Waals surface area contributed by atoms with E-state index < -0.39 is 0 Å². The van der Waals surface area contributed by atoms with Crippen LogP contribution >= 0.6 is 11.8 Å². The summed E-state index contributed by atoms with van der Waals surface area (Å²) in [4.78, 5) is 5.10. The Kier molecular flexibility index (Phi) is 1.97. The third kappa shape index (κ3) is 1.11. The summed E-state index contributed by atoms with van der Waals surface area (Å²) < 4.78 is 0.887. The molecule has 0 aliphatic carbocycles. The van der Waals surface area contributed by atoms with Gasteiger partial charge in [0.15, 0.2) is 0 Å². The van der Waals surface area contributed by atoms with E-state index >= 15 is 0 Å². The predicted octanol–water partition coefficient (Wildman–Crippen LogP) is 1.98. The molecule has 0 saturated carbocycles. The van der Waals surface area contributed by atoms with Crippen LogP contribution in [0.3, 0.4) is 0 Å². The zero-order valence-corrected chi connectivity index (χ0v) is 8.96. The van der Waals surface area contributed by atoms with E-state index in [4.69, 9.17) is 0 Å². The summed E-state index contributed by atoms with van der Waals surface area (Å²) in [5.74, 6) is 0.777. The summed E-state index contributed by atoms with van der Waals surface area (Å²) in [7, 11) is 0. The lowest BCUT2D eigenvalue weighted by molar-refractivity contribution is 0.163. The van der Waals surface area contributed by atoms with E-state index in [9.17, 15) is 10.4 Å². The van der Waals surface area contributed by atoms with Gasteiger partial charge in [-0.1, -0.05) is 11.8 Å². The summed E-state index contributed by atoms with van der Waals surface area (Å²) >= 11 is 1.44. The molecule has 1 aromatic rings. The fraction of sp³-hybridized carbons (Fsp3) is 0.375. The minimum Gasteiger partial charge on any atom is -0.425 e. The van der Waals surface area contributed by atoms with Gasteiger partial charge in [0.25, 0.3) is 0 Å². The Morgan fingerprint density at radius 2 is 1.86 bits per heavy atom. The van der Waals surface area contributed by atoms with Crippen LogP contribution in [0.5, 0.6) is 0 Å². The van der Waals surface area contributed by atoms with Crippen LogP contribution in [-0.4, -0.2) is 20.1 Å². The molecular formula is C8H11N3O2S. The van der Waals surface area contributed by atoms with Crippen molar-refractivity contribution < 1.29 is 10.4 Å². The van der Waals surface area contributed by atoms with Gasteiger partial charge in [0.2, 0.25) is 5.82 Å². The Labute approximate surface area is 85.6 Å². The number of anilines is 1. The molecule has 0 spiro atoms. The standard InChI is InChI=1S/C8H11N3O2S/c1-4-5(2)14-7-8(10(4)12)11(13)6(3)9-7/h12-13H,1-3H3. The molecule has 0 saturated heterocycles. The number of nitrogens with zero attached hydrogens (tertiary/aromatic N) is 3. The van der Waals surface area contributed by atoms with Crippen LogP contribution in [-0.2, 0) is 0 Å². The number of aryl methyl sites for hydroxylation is 1. The molecule has 0 fully saturated rings. The van der Waals surface area contributed by atoms with Crippen LogP contribution in [0, 0.1) is 6.92 Å². The van der Waals surface area contributed by atoms with Gasteiger partial charge in [-0.15, -0.1) is 0 Å². The summed E-state index contributed by atoms with van der Waals surface area (Å²) in [6, 6.07) is 0. The van der Waals surface area contributed by atoms with Gasteiger partial charge in [-0.2, -0.15) is 4.73 Å². The van der Waals surface area contributed by atoms with Gasteiger partial charge < -0.3 is 5.21 Å². The van der Waals surface area contributed by atoms with Crippen molar-refractivity contribution in [3.05, 3.63) is 16.4 Å². The Morgan fingerprint density at radius 1 is 1.21 bits per heavy atom. The molecule has 2 rings (SSSR count). The van der Waals surface area contributed by atoms with Crippen LogP contribution in [0.2, 0.25) is 0 Å². The molecule has 2 heterocycles. The Balaban J connectivity index is 2.59. The minimum absolute atomic E-state index is 0.315. The second kappa shape index (κ2) is 2.93. The van der Waals surface area contributed by atoms with Crippen molar-refractivity contribution in [1.82, 2.24) is 9.71 Å². The van der Waals surface area contributed by atoms with Gasteiger partial charge in [-0.05, 0) is 20.8 Å². The molecule has 0 atom stereocenters. The van der Waals surface area contributed by atoms with Crippen LogP contribution < -0.4 is 5.06 Å². The first-order chi connectivity index (χ1) is 6.52. The molecule has 2 N–H and O–H groups in total. The molecule has 1 aliphatic heterocycles. The van der Waals surface area contributed by atoms with Gasteiger partial charge in [-0.25, -0.2) is 10.0 Å². The van der Waals surface area contributed by atoms with Gasteiger partial charge in [0.1, 0.15) is 10.9 Å². The molecule has 0 aromatic carbocycles. The lowest BCUT2D eigenvalue weighted by Crippen LogP contribution is -2.22. The van der Waals surface area contributed by atoms with Crippen molar-refractivity contribution in [3.63, 3.8) is 0 Å². The number of hydrogen-bond donors (Lipinski definition) is 2. The van der Waals surface area contributed by atoms with E-state index in [1.165, 1.54) is 11.8 Å². The molecule has 6 heteroatoms. The Morgan fingerprint density at radius 3 is 2.50 bits per heavy atom. The number of aromatic nitrogens is 2. The number of thioether (sulfide) groups is 1. The van der Waals surface area contributed by atoms with Gasteiger partial charge in [0.05, 0.1) is 5.70 Å². The highest BCUT2D eigenvalue weighted by atomic mass is 32.2. The van der Waals surface area contributed by atoms with Crippen LogP contribution in [0.25, 0.3) is 0 Å². The van der Waals surface area contributed by atoms with E-state index in [0.29, 0.717) is 22.4 Å². The number of hydrogen-bond acceptors (Lipinski definition) is 5. The molecule has 0 bridgehead atoms. The third-order valence-corrected chi connectivity index (χ3v) is 3.31. The second-order valence-corrected chi connectivity index (χ2v) is 4.36. The molecular weight excluding hydrogens is 202 g/mol. The van der Waals surface area contributed by atoms with E-state index in [1.807, 2.05) is 6.92 Å². The summed E-state index contributed by atoms with van der Waals surface area (Å²) in [6.07, 6.45) is 0. The monoisotopic (exact) mass is 213 g/mol. The SMILES string of the molecule is CC1=C(C)N(O)c2c(nc(C)n2O)S1. The quantitative estimate of drug-likeness (QED) is 0.645. The maximum atomic E-state index is 9.74. The zero-order valence-electron chi connectivity index (χ0n) is 8.14. The van der Waals surface area contributed by atoms with Crippen molar-refractivity contribution in [2.45, 2.75) is 25.8 Å². The summed E-state index contributed by atoms with van der Waals surface area (Å²) in [5, 5.41) is 20.9. The number of fused-ring (bicyclic) bond motifs is 1. The first-order valence-corrected chi connectivity index (χ1v) is 4.97. The van der Waals surface area contributed by atoms with E-state index in [-0.39, 0.29) is 0 Å². The minimum atomic E-state index is 0.315. The van der Waals surface area contributed by atoms with Crippen molar-refractivity contribution >= 4 is 17.6 Å². The Bertz CT molecular complexity index is 424. The highest BCUT2D eigenvalue weighted by Crippen LogP contribution is 2.41. The second-order valence-electron chi connectivity index (χ2n) is 3.16. The van der Waals surface area contributed by atoms with Crippen molar-refractivity contribution in [2.75, 3.05) is 5.06 Å². The average Bonchev–Trinajstić information content (AvgIpc) is 2.39. The highest BCUT2D eigenvalue weighted by Gasteiger charge is 2.27. The maximum absolute atomic E-state index is 9.74. The topological polar surface area (TPSA) is 61.5 Å². The van der Waals surface area contributed by atoms with Crippen molar-refractivity contribution in [3.8, 4) is 0 Å². The van der Waals surface area contributed by atoms with Crippen LogP contribution in [0.1, 0.15) is 19.7 Å². The molecule has 76 valence electrons. The Hall–Kier alpha value is -1.14. The fourth-order valence-electron chi connectivity index (χ4n) is 1.26. The van der Waals surface area contributed by atoms with Crippen molar-refractivity contribution in [1.29, 1.82) is 0 Å². The molecule has 0 amide bonds. The fourth-order valence-corrected chi connectivity index (χ4v) is 2.23. The number of rotatable bonds is 0. The summed E-state index contributed by atoms with van der Waals surface area (Å²) in [5.41, 5.74) is 0.706. The molecule has 0 unspecified atom stereocenters. The largest absolute Gasteiger partial charge is 0.425 e. The van der Waals surface area contributed by atoms with Crippen LogP contribution in [0.4, 0.5) is 5.82 Å². The third-order valence-electron chi connectivity index (χ3n) is 2.24. The molecule has 1 aromatic heterocycles. The number of imidazole rings is 1. The van der Waals surface area contributed by atoms with Gasteiger partial charge in [-0.3, -0.25) is 5.21 Å². The van der Waals surface area contributed by atoms with E-state index in [0.717, 1.165) is 14.7 Å². The number of allylic oxidation sites excluding steroid dienone is 2. The zero-order chi connectivity index (χ0) is 10.5. The predicted molar refractivity (Wildman–Crippen MR) is 52.6 cm³/mol. The summed E-state index contributed by atoms with van der Waals surface area (Å²) in [6.45, 7) is 5.36. The molecule has 1 aliphatic rings. The lowest BCUT2D eigenvalue weighted by atomic mass is 10.4. The molecule has 5 nitrogen and oxygen atoms in total. The average molecular weight is 213 g/mol. The van der Waals surface area contributed by atoms with Gasteiger partial charge in [0, 0.05) is 4.91 Å². The van der Waals surface area contributed by atoms with Crippen LogP contribution in [0.15, 0.2) is 15.6 Å². The number of hydroxylamine groups is 1. The van der Waals surface area contributed by atoms with E-state index in [1.54, 1.807) is 13.8 Å². The molecule has 0 radical (unpaired) electrons. The molecule has 14 heavy (non-hydrogen) atoms. The van der Waals surface area contributed by atoms with Gasteiger partial charge >= 0.3 is 0 Å². The normalized spacial score (nSPS) is 16.1. The van der Waals surface area contributed by atoms with Crippen molar-refractivity contribution in [2.24, 2.45) is 0 Å². The first kappa shape index (κ1) is 9.42. The highest BCUT2D eigenvalue weighted by molar-refractivity contribution is 8.03. The van der Waals surface area contributed by atoms with E-state index in [2.05, 4.69) is 4.98 Å². The first-order valence-electron chi connectivity index (χ1n) is 4.15.